The average molecular weight is 487 g/mol. The molecule has 0 spiro atoms. The fraction of sp³-hybridized carbons (Fsp3) is 0.263. The highest BCUT2D eigenvalue weighted by atomic mass is 79.9. The third kappa shape index (κ3) is 3.90. The molecule has 0 bridgehead atoms. The zero-order valence-electron chi connectivity index (χ0n) is 13.8. The van der Waals surface area contributed by atoms with E-state index in [4.69, 9.17) is 22.1 Å². The molecule has 3 nitrogen and oxygen atoms in total. The summed E-state index contributed by atoms with van der Waals surface area (Å²) in [6.07, 6.45) is 2.94. The molecule has 0 aliphatic heterocycles. The van der Waals surface area contributed by atoms with E-state index in [2.05, 4.69) is 42.9 Å². The van der Waals surface area contributed by atoms with Crippen molar-refractivity contribution in [3.8, 4) is 17.0 Å². The zero-order chi connectivity index (χ0) is 18.0. The lowest BCUT2D eigenvalue weighted by atomic mass is 10.00. The van der Waals surface area contributed by atoms with Gasteiger partial charge in [0.25, 0.3) is 0 Å². The number of H-pyrrole nitrogens is 1. The first-order valence-electron chi connectivity index (χ1n) is 8.08. The van der Waals surface area contributed by atoms with Gasteiger partial charge in [-0.3, -0.25) is 0 Å². The van der Waals surface area contributed by atoms with Crippen LogP contribution in [0.25, 0.3) is 22.2 Å². The number of ether oxygens (including phenoxy) is 1. The summed E-state index contributed by atoms with van der Waals surface area (Å²) < 4.78 is 7.55. The number of unbranched alkanes of at least 4 members (excludes halogenated alkanes) is 1. The number of halogens is 3. The first-order chi connectivity index (χ1) is 12.0. The van der Waals surface area contributed by atoms with Crippen LogP contribution < -0.4 is 10.5 Å². The van der Waals surface area contributed by atoms with Crippen LogP contribution in [0.4, 0.5) is 0 Å². The standard InChI is InChI=1S/C19H19Br2ClN2O/c1-25-17-6-5-11(20)8-15(17)18-13(4-2-3-7-23)14-9-12(22)10-16(21)19(14)24-18/h5-6,8-10,24H,2-4,7,23H2,1H3. The number of benzene rings is 2. The molecule has 6 heteroatoms. The van der Waals surface area contributed by atoms with Gasteiger partial charge < -0.3 is 15.5 Å². The Labute approximate surface area is 169 Å². The highest BCUT2D eigenvalue weighted by Gasteiger charge is 2.18. The van der Waals surface area contributed by atoms with Crippen LogP contribution in [0.1, 0.15) is 18.4 Å². The number of aromatic amines is 1. The first kappa shape index (κ1) is 18.8. The molecule has 0 saturated heterocycles. The van der Waals surface area contributed by atoms with E-state index >= 15 is 0 Å². The van der Waals surface area contributed by atoms with Gasteiger partial charge in [0.1, 0.15) is 5.75 Å². The quantitative estimate of drug-likeness (QED) is 0.402. The molecular formula is C19H19Br2ClN2O. The predicted octanol–water partition coefficient (Wildman–Crippen LogP) is 6.30. The van der Waals surface area contributed by atoms with E-state index in [-0.39, 0.29) is 0 Å². The van der Waals surface area contributed by atoms with Gasteiger partial charge in [0.15, 0.2) is 0 Å². The van der Waals surface area contributed by atoms with Gasteiger partial charge in [-0.25, -0.2) is 0 Å². The third-order valence-corrected chi connectivity index (χ3v) is 5.58. The normalized spacial score (nSPS) is 11.2. The monoisotopic (exact) mass is 484 g/mol. The minimum absolute atomic E-state index is 0.697. The van der Waals surface area contributed by atoms with Gasteiger partial charge in [0.05, 0.1) is 18.3 Å². The molecule has 0 aliphatic carbocycles. The second kappa shape index (κ2) is 8.12. The second-order valence-corrected chi connectivity index (χ2v) is 8.09. The highest BCUT2D eigenvalue weighted by Crippen LogP contribution is 2.40. The number of nitrogens with two attached hydrogens (primary N) is 1. The van der Waals surface area contributed by atoms with Crippen LogP contribution >= 0.6 is 43.5 Å². The molecular weight excluding hydrogens is 467 g/mol. The lowest BCUT2D eigenvalue weighted by Gasteiger charge is -2.10. The fourth-order valence-corrected chi connectivity index (χ4v) is 4.36. The molecule has 3 aromatic rings. The van der Waals surface area contributed by atoms with E-state index in [0.29, 0.717) is 11.6 Å². The summed E-state index contributed by atoms with van der Waals surface area (Å²) in [4.78, 5) is 3.57. The van der Waals surface area contributed by atoms with Crippen LogP contribution in [0.15, 0.2) is 39.3 Å². The van der Waals surface area contributed by atoms with E-state index < -0.39 is 0 Å². The van der Waals surface area contributed by atoms with Crippen molar-refractivity contribution in [1.29, 1.82) is 0 Å². The van der Waals surface area contributed by atoms with E-state index in [9.17, 15) is 0 Å². The van der Waals surface area contributed by atoms with Crippen LogP contribution in [0.3, 0.4) is 0 Å². The van der Waals surface area contributed by atoms with Gasteiger partial charge in [0.2, 0.25) is 0 Å². The number of aromatic nitrogens is 1. The van der Waals surface area contributed by atoms with Crippen molar-refractivity contribution in [2.24, 2.45) is 5.73 Å². The van der Waals surface area contributed by atoms with Crippen LogP contribution in [0, 0.1) is 0 Å². The molecule has 0 aliphatic rings. The summed E-state index contributed by atoms with van der Waals surface area (Å²) in [6, 6.07) is 9.95. The first-order valence-corrected chi connectivity index (χ1v) is 10.0. The summed E-state index contributed by atoms with van der Waals surface area (Å²) in [6.45, 7) is 0.697. The maximum atomic E-state index is 6.30. The van der Waals surface area contributed by atoms with Crippen LogP contribution in [0.5, 0.6) is 5.75 Å². The van der Waals surface area contributed by atoms with Crippen molar-refractivity contribution < 1.29 is 4.74 Å². The smallest absolute Gasteiger partial charge is 0.128 e. The van der Waals surface area contributed by atoms with Gasteiger partial charge in [-0.05, 0) is 77.6 Å². The Morgan fingerprint density at radius 3 is 2.68 bits per heavy atom. The lowest BCUT2D eigenvalue weighted by Crippen LogP contribution is -1.99. The third-order valence-electron chi connectivity index (χ3n) is 4.24. The number of fused-ring (bicyclic) bond motifs is 1. The van der Waals surface area contributed by atoms with E-state index in [1.165, 1.54) is 5.56 Å². The average Bonchev–Trinajstić information content (AvgIpc) is 2.94. The molecule has 3 N–H and O–H groups in total. The van der Waals surface area contributed by atoms with Crippen molar-refractivity contribution in [2.45, 2.75) is 19.3 Å². The molecule has 3 rings (SSSR count). The second-order valence-electron chi connectivity index (χ2n) is 5.88. The number of methoxy groups -OCH3 is 1. The predicted molar refractivity (Wildman–Crippen MR) is 113 cm³/mol. The molecule has 25 heavy (non-hydrogen) atoms. The van der Waals surface area contributed by atoms with Gasteiger partial charge >= 0.3 is 0 Å². The maximum absolute atomic E-state index is 6.30. The van der Waals surface area contributed by atoms with Crippen LogP contribution in [0.2, 0.25) is 5.02 Å². The molecule has 0 fully saturated rings. The molecule has 1 aromatic heterocycles. The van der Waals surface area contributed by atoms with Crippen molar-refractivity contribution in [2.75, 3.05) is 13.7 Å². The van der Waals surface area contributed by atoms with E-state index in [1.807, 2.05) is 24.3 Å². The van der Waals surface area contributed by atoms with Crippen LogP contribution in [-0.4, -0.2) is 18.6 Å². The summed E-state index contributed by atoms with van der Waals surface area (Å²) in [5.74, 6) is 0.831. The SMILES string of the molecule is COc1ccc(Br)cc1-c1[nH]c2c(Br)cc(Cl)cc2c1CCCCN. The Hall–Kier alpha value is -1.01. The number of nitrogens with one attached hydrogen (secondary N) is 1. The van der Waals surface area contributed by atoms with Gasteiger partial charge in [0, 0.05) is 24.9 Å². The lowest BCUT2D eigenvalue weighted by molar-refractivity contribution is 0.416. The Morgan fingerprint density at radius 1 is 1.16 bits per heavy atom. The van der Waals surface area contributed by atoms with E-state index in [0.717, 1.165) is 56.1 Å². The number of aryl methyl sites for hydroxylation is 1. The van der Waals surface area contributed by atoms with Crippen molar-refractivity contribution in [1.82, 2.24) is 4.98 Å². The summed E-state index contributed by atoms with van der Waals surface area (Å²) >= 11 is 13.5. The maximum Gasteiger partial charge on any atom is 0.128 e. The molecule has 0 radical (unpaired) electrons. The van der Waals surface area contributed by atoms with Crippen molar-refractivity contribution in [3.63, 3.8) is 0 Å². The Kier molecular flexibility index (Phi) is 6.10. The molecule has 0 unspecified atom stereocenters. The number of hydrogen-bond donors (Lipinski definition) is 2. The summed E-state index contributed by atoms with van der Waals surface area (Å²) in [5, 5.41) is 1.85. The fourth-order valence-electron chi connectivity index (χ4n) is 3.09. The Morgan fingerprint density at radius 2 is 1.96 bits per heavy atom. The van der Waals surface area contributed by atoms with Crippen molar-refractivity contribution in [3.05, 3.63) is 49.9 Å². The molecule has 132 valence electrons. The number of hydrogen-bond acceptors (Lipinski definition) is 2. The van der Waals surface area contributed by atoms with E-state index in [1.54, 1.807) is 7.11 Å². The Balaban J connectivity index is 2.25. The van der Waals surface area contributed by atoms with Gasteiger partial charge in [-0.15, -0.1) is 0 Å². The zero-order valence-corrected chi connectivity index (χ0v) is 17.8. The number of rotatable bonds is 6. The molecule has 0 saturated carbocycles. The molecule has 0 amide bonds. The largest absolute Gasteiger partial charge is 0.496 e. The highest BCUT2D eigenvalue weighted by molar-refractivity contribution is 9.11. The summed E-state index contributed by atoms with van der Waals surface area (Å²) in [5.41, 5.74) is 10.1. The van der Waals surface area contributed by atoms with Crippen molar-refractivity contribution >= 4 is 54.4 Å². The van der Waals surface area contributed by atoms with Gasteiger partial charge in [-0.2, -0.15) is 0 Å². The molecule has 0 atom stereocenters. The minimum Gasteiger partial charge on any atom is -0.496 e. The molecule has 2 aromatic carbocycles. The molecule has 1 heterocycles. The van der Waals surface area contributed by atoms with Crippen LogP contribution in [-0.2, 0) is 6.42 Å². The summed E-state index contributed by atoms with van der Waals surface area (Å²) in [7, 11) is 1.69. The van der Waals surface area contributed by atoms with Gasteiger partial charge in [-0.1, -0.05) is 27.5 Å². The topological polar surface area (TPSA) is 51.0 Å². The Bertz CT molecular complexity index is 908. The minimum atomic E-state index is 0.697.